The highest BCUT2D eigenvalue weighted by molar-refractivity contribution is 5.14. The minimum absolute atomic E-state index is 0.259. The van der Waals surface area contributed by atoms with Crippen molar-refractivity contribution in [2.24, 2.45) is 5.41 Å². The molecule has 0 saturated carbocycles. The van der Waals surface area contributed by atoms with E-state index in [1.165, 1.54) is 0 Å². The molecule has 2 rings (SSSR count). The lowest BCUT2D eigenvalue weighted by Gasteiger charge is -2.34. The predicted molar refractivity (Wildman–Crippen MR) is 43.4 cm³/mol. The quantitative estimate of drug-likeness (QED) is 0.707. The molecule has 1 aliphatic rings. The van der Waals surface area contributed by atoms with E-state index < -0.39 is 0 Å². The van der Waals surface area contributed by atoms with E-state index in [0.29, 0.717) is 13.2 Å². The Kier molecular flexibility index (Phi) is 1.63. The summed E-state index contributed by atoms with van der Waals surface area (Å²) in [5.74, 6) is 0. The largest absolute Gasteiger partial charge is 0.378 e. The fourth-order valence-corrected chi connectivity index (χ4v) is 1.40. The molecule has 3 nitrogen and oxygen atoms in total. The van der Waals surface area contributed by atoms with Crippen LogP contribution in [0.5, 0.6) is 0 Å². The maximum absolute atomic E-state index is 8.89. The van der Waals surface area contributed by atoms with Gasteiger partial charge >= 0.3 is 0 Å². The zero-order chi connectivity index (χ0) is 8.44. The highest BCUT2D eigenvalue weighted by atomic mass is 16.5. The van der Waals surface area contributed by atoms with Crippen LogP contribution in [-0.2, 0) is 11.2 Å². The Morgan fingerprint density at radius 1 is 1.67 bits per heavy atom. The highest BCUT2D eigenvalue weighted by Crippen LogP contribution is 2.30. The van der Waals surface area contributed by atoms with E-state index in [0.717, 1.165) is 12.1 Å². The third-order valence-electron chi connectivity index (χ3n) is 2.19. The summed E-state index contributed by atoms with van der Waals surface area (Å²) in [6.45, 7) is 1.14. The Bertz CT molecular complexity index is 293. The van der Waals surface area contributed by atoms with Gasteiger partial charge in [-0.1, -0.05) is 0 Å². The maximum atomic E-state index is 8.89. The molecule has 0 radical (unpaired) electrons. The molecule has 62 valence electrons. The first kappa shape index (κ1) is 7.38. The van der Waals surface area contributed by atoms with Crippen LogP contribution < -0.4 is 0 Å². The van der Waals surface area contributed by atoms with Gasteiger partial charge in [0.2, 0.25) is 0 Å². The van der Waals surface area contributed by atoms with Crippen molar-refractivity contribution in [3.8, 4) is 6.07 Å². The van der Waals surface area contributed by atoms with E-state index >= 15 is 0 Å². The summed E-state index contributed by atoms with van der Waals surface area (Å²) >= 11 is 0. The van der Waals surface area contributed by atoms with Crippen molar-refractivity contribution in [1.82, 2.24) is 4.98 Å². The molecule has 0 unspecified atom stereocenters. The summed E-state index contributed by atoms with van der Waals surface area (Å²) in [6, 6.07) is 6.25. The smallest absolute Gasteiger partial charge is 0.109 e. The topological polar surface area (TPSA) is 48.8 Å². The zero-order valence-corrected chi connectivity index (χ0v) is 6.71. The molecule has 1 aliphatic heterocycles. The van der Waals surface area contributed by atoms with E-state index in [1.807, 2.05) is 18.3 Å². The summed E-state index contributed by atoms with van der Waals surface area (Å²) in [4.78, 5) is 3.09. The normalized spacial score (nSPS) is 19.6. The number of hydrogen-bond donors (Lipinski definition) is 1. The first-order valence-corrected chi connectivity index (χ1v) is 3.96. The molecule has 1 aromatic heterocycles. The number of aromatic nitrogens is 1. The molecule has 2 heterocycles. The van der Waals surface area contributed by atoms with Crippen molar-refractivity contribution in [2.75, 3.05) is 13.2 Å². The third kappa shape index (κ3) is 1.10. The molecule has 0 aliphatic carbocycles. The van der Waals surface area contributed by atoms with Gasteiger partial charge in [0.25, 0.3) is 0 Å². The number of nitrogens with one attached hydrogen (secondary N) is 1. The number of nitriles is 1. The Labute approximate surface area is 71.0 Å². The second-order valence-corrected chi connectivity index (χ2v) is 3.26. The van der Waals surface area contributed by atoms with Crippen molar-refractivity contribution in [1.29, 1.82) is 5.26 Å². The molecule has 1 fully saturated rings. The van der Waals surface area contributed by atoms with Gasteiger partial charge in [-0.2, -0.15) is 5.26 Å². The number of H-pyrrole nitrogens is 1. The number of rotatable bonds is 2. The summed E-state index contributed by atoms with van der Waals surface area (Å²) < 4.78 is 5.04. The lowest BCUT2D eigenvalue weighted by molar-refractivity contribution is -0.0769. The van der Waals surface area contributed by atoms with Gasteiger partial charge in [-0.05, 0) is 12.1 Å². The molecule has 1 aromatic rings. The SMILES string of the molecule is N#CC1(Cc2ccc[nH]2)COC1. The third-order valence-corrected chi connectivity index (χ3v) is 2.19. The van der Waals surface area contributed by atoms with Crippen LogP contribution in [0.4, 0.5) is 0 Å². The van der Waals surface area contributed by atoms with Gasteiger partial charge in [-0.15, -0.1) is 0 Å². The van der Waals surface area contributed by atoms with E-state index in [1.54, 1.807) is 0 Å². The molecular weight excluding hydrogens is 152 g/mol. The summed E-state index contributed by atoms with van der Waals surface area (Å²) in [7, 11) is 0. The summed E-state index contributed by atoms with van der Waals surface area (Å²) in [5, 5.41) is 8.89. The summed E-state index contributed by atoms with van der Waals surface area (Å²) in [5.41, 5.74) is 0.852. The molecule has 1 N–H and O–H groups in total. The Morgan fingerprint density at radius 3 is 2.92 bits per heavy atom. The second-order valence-electron chi connectivity index (χ2n) is 3.26. The van der Waals surface area contributed by atoms with Crippen LogP contribution in [0.2, 0.25) is 0 Å². The second kappa shape index (κ2) is 2.65. The highest BCUT2D eigenvalue weighted by Gasteiger charge is 2.39. The van der Waals surface area contributed by atoms with E-state index in [-0.39, 0.29) is 5.41 Å². The van der Waals surface area contributed by atoms with Crippen molar-refractivity contribution in [2.45, 2.75) is 6.42 Å². The molecule has 0 spiro atoms. The predicted octanol–water partition coefficient (Wildman–Crippen LogP) is 1.10. The van der Waals surface area contributed by atoms with Crippen molar-refractivity contribution in [3.63, 3.8) is 0 Å². The average molecular weight is 162 g/mol. The van der Waals surface area contributed by atoms with Crippen molar-refractivity contribution in [3.05, 3.63) is 24.0 Å². The molecule has 0 atom stereocenters. The van der Waals surface area contributed by atoms with E-state index in [2.05, 4.69) is 11.1 Å². The Balaban J connectivity index is 2.08. The molecule has 1 saturated heterocycles. The first-order chi connectivity index (χ1) is 5.85. The van der Waals surface area contributed by atoms with Gasteiger partial charge in [-0.3, -0.25) is 0 Å². The van der Waals surface area contributed by atoms with Crippen LogP contribution in [0.1, 0.15) is 5.69 Å². The minimum Gasteiger partial charge on any atom is -0.378 e. The Morgan fingerprint density at radius 2 is 2.50 bits per heavy atom. The fraction of sp³-hybridized carbons (Fsp3) is 0.444. The molecule has 12 heavy (non-hydrogen) atoms. The molecule has 0 aromatic carbocycles. The van der Waals surface area contributed by atoms with Crippen LogP contribution in [0, 0.1) is 16.7 Å². The van der Waals surface area contributed by atoms with Gasteiger partial charge < -0.3 is 9.72 Å². The van der Waals surface area contributed by atoms with E-state index in [4.69, 9.17) is 10.00 Å². The van der Waals surface area contributed by atoms with Crippen molar-refractivity contribution < 1.29 is 4.74 Å². The molecule has 0 amide bonds. The number of nitrogens with zero attached hydrogens (tertiary/aromatic N) is 1. The average Bonchev–Trinajstić information content (AvgIpc) is 2.49. The van der Waals surface area contributed by atoms with Crippen LogP contribution in [0.3, 0.4) is 0 Å². The number of ether oxygens (including phenoxy) is 1. The van der Waals surface area contributed by atoms with Gasteiger partial charge in [-0.25, -0.2) is 0 Å². The molecular formula is C9H10N2O. The van der Waals surface area contributed by atoms with Gasteiger partial charge in [0.05, 0.1) is 19.3 Å². The van der Waals surface area contributed by atoms with Crippen molar-refractivity contribution >= 4 is 0 Å². The van der Waals surface area contributed by atoms with Gasteiger partial charge in [0.1, 0.15) is 5.41 Å². The van der Waals surface area contributed by atoms with Crippen LogP contribution in [0.25, 0.3) is 0 Å². The molecule has 0 bridgehead atoms. The monoisotopic (exact) mass is 162 g/mol. The van der Waals surface area contributed by atoms with Gasteiger partial charge in [0.15, 0.2) is 0 Å². The lowest BCUT2D eigenvalue weighted by Crippen LogP contribution is -2.43. The summed E-state index contributed by atoms with van der Waals surface area (Å²) in [6.07, 6.45) is 2.65. The lowest BCUT2D eigenvalue weighted by atomic mass is 9.83. The van der Waals surface area contributed by atoms with Crippen LogP contribution in [0.15, 0.2) is 18.3 Å². The number of aromatic amines is 1. The van der Waals surface area contributed by atoms with Crippen LogP contribution >= 0.6 is 0 Å². The fourth-order valence-electron chi connectivity index (χ4n) is 1.40. The minimum atomic E-state index is -0.259. The maximum Gasteiger partial charge on any atom is 0.109 e. The first-order valence-electron chi connectivity index (χ1n) is 3.96. The van der Waals surface area contributed by atoms with Gasteiger partial charge in [0, 0.05) is 18.3 Å². The zero-order valence-electron chi connectivity index (χ0n) is 6.71. The van der Waals surface area contributed by atoms with E-state index in [9.17, 15) is 0 Å². The van der Waals surface area contributed by atoms with Crippen LogP contribution in [-0.4, -0.2) is 18.2 Å². The number of hydrogen-bond acceptors (Lipinski definition) is 2. The standard InChI is InChI=1S/C9H10N2O/c10-5-9(6-12-7-9)4-8-2-1-3-11-8/h1-3,11H,4,6-7H2. The molecule has 3 heteroatoms. The Hall–Kier alpha value is -1.27.